The molecule has 0 bridgehead atoms. The number of hydrogen-bond donors (Lipinski definition) is 0. The zero-order chi connectivity index (χ0) is 26.7. The van der Waals surface area contributed by atoms with E-state index in [-0.39, 0.29) is 6.09 Å². The Morgan fingerprint density at radius 1 is 0.974 bits per heavy atom. The maximum atomic E-state index is 12.6. The number of piperazine rings is 1. The topological polar surface area (TPSA) is 85.2 Å². The van der Waals surface area contributed by atoms with Crippen molar-refractivity contribution in [3.63, 3.8) is 0 Å². The van der Waals surface area contributed by atoms with Gasteiger partial charge in [-0.3, -0.25) is 4.90 Å². The minimum atomic E-state index is -0.513. The monoisotopic (exact) mass is 518 g/mol. The fraction of sp³-hybridized carbons (Fsp3) is 0.552. The molecular weight excluding hydrogens is 480 g/mol. The molecule has 0 N–H and O–H groups in total. The molecule has 0 aliphatic carbocycles. The fourth-order valence-corrected chi connectivity index (χ4v) is 5.44. The third kappa shape index (κ3) is 5.87. The van der Waals surface area contributed by atoms with Gasteiger partial charge in [0.05, 0.1) is 18.8 Å². The Morgan fingerprint density at radius 3 is 2.32 bits per heavy atom. The van der Waals surface area contributed by atoms with Crippen molar-refractivity contribution in [1.82, 2.24) is 14.8 Å². The van der Waals surface area contributed by atoms with E-state index >= 15 is 0 Å². The molecule has 9 heteroatoms. The number of nitrogens with zero attached hydrogens (tertiary/aromatic N) is 6. The summed E-state index contributed by atoms with van der Waals surface area (Å²) in [6, 6.07) is 13.0. The van der Waals surface area contributed by atoms with Crippen molar-refractivity contribution < 1.29 is 14.3 Å². The number of hydrogen-bond acceptors (Lipinski definition) is 8. The number of rotatable bonds is 4. The van der Waals surface area contributed by atoms with Crippen molar-refractivity contribution in [3.8, 4) is 6.07 Å². The van der Waals surface area contributed by atoms with E-state index in [9.17, 15) is 10.1 Å². The molecule has 2 aromatic rings. The van der Waals surface area contributed by atoms with Gasteiger partial charge >= 0.3 is 6.09 Å². The average molecular weight is 519 g/mol. The molecule has 9 nitrogen and oxygen atoms in total. The number of carbonyl (C=O) groups is 1. The molecule has 0 radical (unpaired) electrons. The number of aromatic nitrogens is 1. The number of fused-ring (bicyclic) bond motifs is 1. The largest absolute Gasteiger partial charge is 0.444 e. The van der Waals surface area contributed by atoms with Crippen molar-refractivity contribution in [1.29, 1.82) is 5.26 Å². The summed E-state index contributed by atoms with van der Waals surface area (Å²) in [6.07, 6.45) is 0.576. The van der Waals surface area contributed by atoms with E-state index in [0.29, 0.717) is 45.0 Å². The predicted molar refractivity (Wildman–Crippen MR) is 146 cm³/mol. The summed E-state index contributed by atoms with van der Waals surface area (Å²) < 4.78 is 11.2. The molecule has 5 rings (SSSR count). The van der Waals surface area contributed by atoms with Gasteiger partial charge in [-0.1, -0.05) is 30.3 Å². The number of anilines is 2. The van der Waals surface area contributed by atoms with E-state index in [1.807, 2.05) is 26.8 Å². The first-order chi connectivity index (χ1) is 18.3. The van der Waals surface area contributed by atoms with Gasteiger partial charge < -0.3 is 24.2 Å². The lowest BCUT2D eigenvalue weighted by atomic mass is 9.94. The van der Waals surface area contributed by atoms with Gasteiger partial charge in [0, 0.05) is 64.5 Å². The maximum absolute atomic E-state index is 12.6. The number of amides is 1. The Balaban J connectivity index is 1.43. The SMILES string of the molecule is CC(C)(C)OC(=O)N1CCN(c2nc(N3CCOCC3)c(C#N)c3c2CCN(Cc2ccccc2)C3)CC1. The van der Waals surface area contributed by atoms with E-state index in [1.165, 1.54) is 11.1 Å². The van der Waals surface area contributed by atoms with E-state index in [4.69, 9.17) is 14.5 Å². The summed E-state index contributed by atoms with van der Waals surface area (Å²) >= 11 is 0. The minimum Gasteiger partial charge on any atom is -0.444 e. The normalized spacial score (nSPS) is 18.6. The van der Waals surface area contributed by atoms with Gasteiger partial charge in [0.2, 0.25) is 0 Å². The lowest BCUT2D eigenvalue weighted by Gasteiger charge is -2.40. The van der Waals surface area contributed by atoms with Crippen molar-refractivity contribution in [2.45, 2.75) is 45.9 Å². The molecule has 0 atom stereocenters. The highest BCUT2D eigenvalue weighted by Gasteiger charge is 2.32. The molecule has 4 heterocycles. The van der Waals surface area contributed by atoms with Crippen LogP contribution in [0.3, 0.4) is 0 Å². The van der Waals surface area contributed by atoms with Gasteiger partial charge in [-0.15, -0.1) is 0 Å². The van der Waals surface area contributed by atoms with Crippen molar-refractivity contribution >= 4 is 17.7 Å². The molecular formula is C29H38N6O3. The van der Waals surface area contributed by atoms with Crippen LogP contribution in [-0.4, -0.2) is 85.5 Å². The third-order valence-corrected chi connectivity index (χ3v) is 7.33. The summed E-state index contributed by atoms with van der Waals surface area (Å²) in [5.41, 5.74) is 3.72. The van der Waals surface area contributed by atoms with E-state index in [1.54, 1.807) is 4.90 Å². The Labute approximate surface area is 225 Å². The van der Waals surface area contributed by atoms with E-state index in [2.05, 4.69) is 45.0 Å². The summed E-state index contributed by atoms with van der Waals surface area (Å²) in [6.45, 7) is 13.4. The van der Waals surface area contributed by atoms with Crippen LogP contribution >= 0.6 is 0 Å². The molecule has 0 spiro atoms. The fourth-order valence-electron chi connectivity index (χ4n) is 5.44. The minimum absolute atomic E-state index is 0.266. The Morgan fingerprint density at radius 2 is 1.66 bits per heavy atom. The van der Waals surface area contributed by atoms with Crippen LogP contribution < -0.4 is 9.80 Å². The van der Waals surface area contributed by atoms with E-state index in [0.717, 1.165) is 56.3 Å². The molecule has 2 fully saturated rings. The number of benzene rings is 1. The number of morpholine rings is 1. The zero-order valence-corrected chi connectivity index (χ0v) is 22.8. The molecule has 0 unspecified atom stereocenters. The highest BCUT2D eigenvalue weighted by Crippen LogP contribution is 2.36. The Hall–Kier alpha value is -3.35. The van der Waals surface area contributed by atoms with Crippen LogP contribution in [-0.2, 0) is 29.0 Å². The average Bonchev–Trinajstić information content (AvgIpc) is 2.92. The number of pyridine rings is 1. The molecule has 202 valence electrons. The lowest BCUT2D eigenvalue weighted by molar-refractivity contribution is 0.0240. The van der Waals surface area contributed by atoms with Gasteiger partial charge in [0.25, 0.3) is 0 Å². The van der Waals surface area contributed by atoms with Gasteiger partial charge in [-0.05, 0) is 38.3 Å². The van der Waals surface area contributed by atoms with Crippen LogP contribution in [0.1, 0.15) is 43.0 Å². The highest BCUT2D eigenvalue weighted by molar-refractivity contribution is 5.70. The van der Waals surface area contributed by atoms with Crippen LogP contribution in [0.2, 0.25) is 0 Å². The quantitative estimate of drug-likeness (QED) is 0.609. The van der Waals surface area contributed by atoms with Gasteiger partial charge in [-0.25, -0.2) is 9.78 Å². The standard InChI is InChI=1S/C29H38N6O3/c1-29(2,3)38-28(36)35-13-11-33(12-14-35)26-23-9-10-32(20-22-7-5-4-6-8-22)21-25(23)24(19-30)27(31-26)34-15-17-37-18-16-34/h4-8H,9-18,20-21H2,1-3H3. The summed E-state index contributed by atoms with van der Waals surface area (Å²) in [4.78, 5) is 26.5. The smallest absolute Gasteiger partial charge is 0.410 e. The summed E-state index contributed by atoms with van der Waals surface area (Å²) in [5.74, 6) is 1.73. The van der Waals surface area contributed by atoms with Gasteiger partial charge in [-0.2, -0.15) is 5.26 Å². The number of nitriles is 1. The van der Waals surface area contributed by atoms with Crippen LogP contribution in [0, 0.1) is 11.3 Å². The van der Waals surface area contributed by atoms with E-state index < -0.39 is 5.60 Å². The van der Waals surface area contributed by atoms with Crippen LogP contribution in [0.15, 0.2) is 30.3 Å². The first-order valence-electron chi connectivity index (χ1n) is 13.6. The van der Waals surface area contributed by atoms with Crippen molar-refractivity contribution in [2.24, 2.45) is 0 Å². The van der Waals surface area contributed by atoms with Crippen LogP contribution in [0.25, 0.3) is 0 Å². The molecule has 1 amide bonds. The van der Waals surface area contributed by atoms with Crippen LogP contribution in [0.4, 0.5) is 16.4 Å². The van der Waals surface area contributed by atoms with Gasteiger partial charge in [0.1, 0.15) is 23.3 Å². The summed E-state index contributed by atoms with van der Waals surface area (Å²) in [5, 5.41) is 10.3. The van der Waals surface area contributed by atoms with Crippen LogP contribution in [0.5, 0.6) is 0 Å². The number of ether oxygens (including phenoxy) is 2. The Kier molecular flexibility index (Phi) is 7.73. The number of carbonyl (C=O) groups excluding carboxylic acids is 1. The highest BCUT2D eigenvalue weighted by atomic mass is 16.6. The molecule has 3 aliphatic heterocycles. The second-order valence-corrected chi connectivity index (χ2v) is 11.2. The second kappa shape index (κ2) is 11.2. The predicted octanol–water partition coefficient (Wildman–Crippen LogP) is 3.41. The molecule has 2 saturated heterocycles. The van der Waals surface area contributed by atoms with Gasteiger partial charge in [0.15, 0.2) is 0 Å². The lowest BCUT2D eigenvalue weighted by Crippen LogP contribution is -2.51. The molecule has 1 aromatic carbocycles. The first kappa shape index (κ1) is 26.3. The molecule has 0 saturated carbocycles. The molecule has 38 heavy (non-hydrogen) atoms. The Bertz CT molecular complexity index is 1180. The molecule has 3 aliphatic rings. The van der Waals surface area contributed by atoms with Crippen molar-refractivity contribution in [2.75, 3.05) is 68.8 Å². The maximum Gasteiger partial charge on any atom is 0.410 e. The molecule has 1 aromatic heterocycles. The zero-order valence-electron chi connectivity index (χ0n) is 22.8. The third-order valence-electron chi connectivity index (χ3n) is 7.33. The van der Waals surface area contributed by atoms with Crippen molar-refractivity contribution in [3.05, 3.63) is 52.6 Å². The summed E-state index contributed by atoms with van der Waals surface area (Å²) in [7, 11) is 0. The first-order valence-corrected chi connectivity index (χ1v) is 13.6. The second-order valence-electron chi connectivity index (χ2n) is 11.2.